The van der Waals surface area contributed by atoms with Gasteiger partial charge in [-0.1, -0.05) is 0 Å². The summed E-state index contributed by atoms with van der Waals surface area (Å²) in [6, 6.07) is 0.790. The standard InChI is InChI=1S/C12H23N3O2/c1-9-8-17-11(5-13)6-15(9)7-12(16)14(2)10-3-4-10/h9-11H,3-8,13H2,1-2H3. The van der Waals surface area contributed by atoms with Crippen molar-refractivity contribution < 1.29 is 9.53 Å². The number of carbonyl (C=O) groups excluding carboxylic acids is 1. The van der Waals surface area contributed by atoms with E-state index >= 15 is 0 Å². The topological polar surface area (TPSA) is 58.8 Å². The van der Waals surface area contributed by atoms with E-state index in [4.69, 9.17) is 10.5 Å². The van der Waals surface area contributed by atoms with Crippen LogP contribution in [0.3, 0.4) is 0 Å². The second kappa shape index (κ2) is 5.33. The van der Waals surface area contributed by atoms with Gasteiger partial charge in [0.25, 0.3) is 0 Å². The summed E-state index contributed by atoms with van der Waals surface area (Å²) in [6.45, 7) is 4.55. The molecule has 0 aromatic carbocycles. The van der Waals surface area contributed by atoms with Crippen molar-refractivity contribution in [1.29, 1.82) is 0 Å². The summed E-state index contributed by atoms with van der Waals surface area (Å²) in [7, 11) is 1.91. The molecule has 0 spiro atoms. The first kappa shape index (κ1) is 12.8. The van der Waals surface area contributed by atoms with E-state index in [-0.39, 0.29) is 12.0 Å². The summed E-state index contributed by atoms with van der Waals surface area (Å²) in [4.78, 5) is 16.1. The molecule has 0 aromatic rings. The highest BCUT2D eigenvalue weighted by Crippen LogP contribution is 2.25. The second-order valence-electron chi connectivity index (χ2n) is 5.21. The van der Waals surface area contributed by atoms with Crippen LogP contribution in [0, 0.1) is 0 Å². The Morgan fingerprint density at radius 2 is 2.24 bits per heavy atom. The number of morpholine rings is 1. The van der Waals surface area contributed by atoms with Gasteiger partial charge >= 0.3 is 0 Å². The SMILES string of the molecule is CC1COC(CN)CN1CC(=O)N(C)C1CC1. The summed E-state index contributed by atoms with van der Waals surface area (Å²) in [5.41, 5.74) is 5.61. The number of likely N-dealkylation sites (N-methyl/N-ethyl adjacent to an activating group) is 1. The zero-order valence-electron chi connectivity index (χ0n) is 10.8. The number of nitrogens with zero attached hydrogens (tertiary/aromatic N) is 2. The number of hydrogen-bond donors (Lipinski definition) is 1. The van der Waals surface area contributed by atoms with Crippen LogP contribution in [0.25, 0.3) is 0 Å². The molecule has 1 amide bonds. The summed E-state index contributed by atoms with van der Waals surface area (Å²) in [6.07, 6.45) is 2.39. The van der Waals surface area contributed by atoms with Gasteiger partial charge < -0.3 is 15.4 Å². The molecule has 1 saturated heterocycles. The van der Waals surface area contributed by atoms with Gasteiger partial charge in [-0.25, -0.2) is 0 Å². The first-order chi connectivity index (χ1) is 8.11. The van der Waals surface area contributed by atoms with Crippen molar-refractivity contribution in [3.8, 4) is 0 Å². The number of rotatable bonds is 4. The van der Waals surface area contributed by atoms with E-state index in [0.717, 1.165) is 19.4 Å². The lowest BCUT2D eigenvalue weighted by Gasteiger charge is -2.37. The Balaban J connectivity index is 1.85. The molecule has 0 bridgehead atoms. The van der Waals surface area contributed by atoms with E-state index in [1.807, 2.05) is 11.9 Å². The summed E-state index contributed by atoms with van der Waals surface area (Å²) in [5, 5.41) is 0. The third-order valence-electron chi connectivity index (χ3n) is 3.72. The average Bonchev–Trinajstić information content (AvgIpc) is 3.15. The monoisotopic (exact) mass is 241 g/mol. The van der Waals surface area contributed by atoms with E-state index in [9.17, 15) is 4.79 Å². The molecule has 2 atom stereocenters. The number of hydrogen-bond acceptors (Lipinski definition) is 4. The fourth-order valence-electron chi connectivity index (χ4n) is 2.19. The lowest BCUT2D eigenvalue weighted by molar-refractivity contribution is -0.135. The maximum atomic E-state index is 12.0. The summed E-state index contributed by atoms with van der Waals surface area (Å²) in [5.74, 6) is 0.219. The molecule has 1 saturated carbocycles. The number of amides is 1. The molecule has 0 radical (unpaired) electrons. The van der Waals surface area contributed by atoms with Gasteiger partial charge in [0.2, 0.25) is 5.91 Å². The van der Waals surface area contributed by atoms with Crippen LogP contribution in [0.4, 0.5) is 0 Å². The smallest absolute Gasteiger partial charge is 0.236 e. The Labute approximate surface area is 103 Å². The fourth-order valence-corrected chi connectivity index (χ4v) is 2.19. The zero-order valence-corrected chi connectivity index (χ0v) is 10.8. The first-order valence-electron chi connectivity index (χ1n) is 6.43. The lowest BCUT2D eigenvalue weighted by atomic mass is 10.2. The van der Waals surface area contributed by atoms with Crippen LogP contribution in [-0.4, -0.2) is 67.2 Å². The van der Waals surface area contributed by atoms with E-state index in [2.05, 4.69) is 11.8 Å². The van der Waals surface area contributed by atoms with Crippen LogP contribution in [0.1, 0.15) is 19.8 Å². The van der Waals surface area contributed by atoms with Gasteiger partial charge in [0.05, 0.1) is 19.3 Å². The maximum absolute atomic E-state index is 12.0. The number of nitrogens with two attached hydrogens (primary N) is 1. The largest absolute Gasteiger partial charge is 0.374 e. The number of ether oxygens (including phenoxy) is 1. The molecule has 5 nitrogen and oxygen atoms in total. The molecule has 2 rings (SSSR count). The van der Waals surface area contributed by atoms with Crippen LogP contribution in [0.2, 0.25) is 0 Å². The van der Waals surface area contributed by atoms with Crippen molar-refractivity contribution in [2.24, 2.45) is 5.73 Å². The molecular formula is C12H23N3O2. The third kappa shape index (κ3) is 3.18. The molecule has 2 fully saturated rings. The Kier molecular flexibility index (Phi) is 4.01. The van der Waals surface area contributed by atoms with Crippen molar-refractivity contribution in [2.75, 3.05) is 33.3 Å². The van der Waals surface area contributed by atoms with Crippen LogP contribution >= 0.6 is 0 Å². The first-order valence-corrected chi connectivity index (χ1v) is 6.43. The molecule has 2 aliphatic rings. The predicted octanol–water partition coefficient (Wildman–Crippen LogP) is -0.345. The van der Waals surface area contributed by atoms with Crippen molar-refractivity contribution >= 4 is 5.91 Å². The highest BCUT2D eigenvalue weighted by Gasteiger charge is 2.32. The zero-order chi connectivity index (χ0) is 12.4. The molecule has 0 aromatic heterocycles. The van der Waals surface area contributed by atoms with E-state index in [1.165, 1.54) is 0 Å². The van der Waals surface area contributed by atoms with Gasteiger partial charge in [-0.15, -0.1) is 0 Å². The fraction of sp³-hybridized carbons (Fsp3) is 0.917. The van der Waals surface area contributed by atoms with Gasteiger partial charge in [-0.2, -0.15) is 0 Å². The van der Waals surface area contributed by atoms with E-state index in [1.54, 1.807) is 0 Å². The van der Waals surface area contributed by atoms with Gasteiger partial charge in [-0.05, 0) is 19.8 Å². The average molecular weight is 241 g/mol. The molecule has 17 heavy (non-hydrogen) atoms. The summed E-state index contributed by atoms with van der Waals surface area (Å²) < 4.78 is 5.58. The van der Waals surface area contributed by atoms with Crippen LogP contribution in [0.5, 0.6) is 0 Å². The van der Waals surface area contributed by atoms with Crippen LogP contribution in [0.15, 0.2) is 0 Å². The van der Waals surface area contributed by atoms with Crippen molar-refractivity contribution in [3.63, 3.8) is 0 Å². The minimum absolute atomic E-state index is 0.0743. The van der Waals surface area contributed by atoms with Crippen LogP contribution in [-0.2, 0) is 9.53 Å². The molecule has 2 unspecified atom stereocenters. The predicted molar refractivity (Wildman–Crippen MR) is 65.6 cm³/mol. The highest BCUT2D eigenvalue weighted by atomic mass is 16.5. The highest BCUT2D eigenvalue weighted by molar-refractivity contribution is 5.78. The molecular weight excluding hydrogens is 218 g/mol. The van der Waals surface area contributed by atoms with Crippen molar-refractivity contribution in [3.05, 3.63) is 0 Å². The quantitative estimate of drug-likeness (QED) is 0.731. The molecule has 2 N–H and O–H groups in total. The van der Waals surface area contributed by atoms with Gasteiger partial charge in [0, 0.05) is 32.2 Å². The van der Waals surface area contributed by atoms with Gasteiger partial charge in [0.15, 0.2) is 0 Å². The van der Waals surface area contributed by atoms with E-state index in [0.29, 0.717) is 31.8 Å². The van der Waals surface area contributed by atoms with Crippen molar-refractivity contribution in [2.45, 2.75) is 38.0 Å². The van der Waals surface area contributed by atoms with E-state index < -0.39 is 0 Å². The minimum Gasteiger partial charge on any atom is -0.374 e. The molecule has 98 valence electrons. The summed E-state index contributed by atoms with van der Waals surface area (Å²) >= 11 is 0. The maximum Gasteiger partial charge on any atom is 0.236 e. The number of carbonyl (C=O) groups is 1. The molecule has 1 heterocycles. The van der Waals surface area contributed by atoms with Gasteiger partial charge in [-0.3, -0.25) is 9.69 Å². The second-order valence-corrected chi connectivity index (χ2v) is 5.21. The Bertz CT molecular complexity index is 281. The minimum atomic E-state index is 0.0743. The Morgan fingerprint density at radius 1 is 1.53 bits per heavy atom. The molecule has 1 aliphatic heterocycles. The molecule has 1 aliphatic carbocycles. The van der Waals surface area contributed by atoms with Gasteiger partial charge in [0.1, 0.15) is 0 Å². The normalized spacial score (nSPS) is 30.3. The lowest BCUT2D eigenvalue weighted by Crippen LogP contribution is -2.53. The Morgan fingerprint density at radius 3 is 2.82 bits per heavy atom. The third-order valence-corrected chi connectivity index (χ3v) is 3.72. The van der Waals surface area contributed by atoms with Crippen LogP contribution < -0.4 is 5.73 Å². The van der Waals surface area contributed by atoms with Crippen molar-refractivity contribution in [1.82, 2.24) is 9.80 Å². The molecule has 5 heteroatoms. The Hall–Kier alpha value is -0.650.